The van der Waals surface area contributed by atoms with Crippen molar-refractivity contribution in [2.45, 2.75) is 37.6 Å². The summed E-state index contributed by atoms with van der Waals surface area (Å²) in [6.07, 6.45) is 4.68. The molecule has 146 valence electrons. The van der Waals surface area contributed by atoms with E-state index in [1.165, 1.54) is 10.6 Å². The second kappa shape index (κ2) is 7.07. The predicted molar refractivity (Wildman–Crippen MR) is 102 cm³/mol. The van der Waals surface area contributed by atoms with Crippen LogP contribution in [0.5, 0.6) is 0 Å². The summed E-state index contributed by atoms with van der Waals surface area (Å²) in [5.74, 6) is 0.697. The van der Waals surface area contributed by atoms with Crippen LogP contribution in [0.25, 0.3) is 11.1 Å². The van der Waals surface area contributed by atoms with E-state index in [0.29, 0.717) is 5.02 Å². The van der Waals surface area contributed by atoms with Crippen molar-refractivity contribution in [1.82, 2.24) is 14.6 Å². The highest BCUT2D eigenvalue weighted by Gasteiger charge is 2.38. The molecule has 1 aromatic heterocycles. The number of benzene rings is 1. The lowest BCUT2D eigenvalue weighted by atomic mass is 9.85. The van der Waals surface area contributed by atoms with Gasteiger partial charge in [0.1, 0.15) is 5.52 Å². The number of aromatic nitrogens is 1. The molecule has 1 aliphatic carbocycles. The minimum absolute atomic E-state index is 0.0464. The number of hydrogen-bond acceptors (Lipinski definition) is 5. The molecule has 1 saturated carbocycles. The van der Waals surface area contributed by atoms with Crippen molar-refractivity contribution in [2.75, 3.05) is 19.3 Å². The number of carbonyl (C=O) groups excluding carboxylic acids is 1. The average Bonchev–Trinajstić information content (AvgIpc) is 2.95. The summed E-state index contributed by atoms with van der Waals surface area (Å²) in [5.41, 5.74) is 1.51. The number of nitrogens with zero attached hydrogens (tertiary/aromatic N) is 2. The van der Waals surface area contributed by atoms with Crippen LogP contribution in [0, 0.1) is 5.92 Å². The third-order valence-electron chi connectivity index (χ3n) is 5.48. The zero-order valence-corrected chi connectivity index (χ0v) is 16.6. The standard InChI is InChI=1S/C18H22ClN3O4S/c1-27(24,25)22-9-12(10-22)17(23)20-14-5-2-11(3-6-14)18-21-15-8-13(19)4-7-16(15)26-18/h4,7-8,11-12,14H,2-3,5-6,9-10H2,1H3,(H,20,23). The van der Waals surface area contributed by atoms with Crippen molar-refractivity contribution in [1.29, 1.82) is 0 Å². The molecule has 27 heavy (non-hydrogen) atoms. The Morgan fingerprint density at radius 1 is 1.26 bits per heavy atom. The molecule has 0 bridgehead atoms. The minimum Gasteiger partial charge on any atom is -0.440 e. The summed E-state index contributed by atoms with van der Waals surface area (Å²) < 4.78 is 30.0. The maximum atomic E-state index is 12.3. The molecular weight excluding hydrogens is 390 g/mol. The van der Waals surface area contributed by atoms with Crippen LogP contribution in [0.4, 0.5) is 0 Å². The number of fused-ring (bicyclic) bond motifs is 1. The molecule has 9 heteroatoms. The van der Waals surface area contributed by atoms with Gasteiger partial charge < -0.3 is 9.73 Å². The van der Waals surface area contributed by atoms with Gasteiger partial charge in [0.25, 0.3) is 0 Å². The van der Waals surface area contributed by atoms with E-state index in [0.717, 1.165) is 42.7 Å². The lowest BCUT2D eigenvalue weighted by Gasteiger charge is -2.37. The number of carbonyl (C=O) groups is 1. The van der Waals surface area contributed by atoms with Gasteiger partial charge in [0.05, 0.1) is 12.2 Å². The number of amides is 1. The fraction of sp³-hybridized carbons (Fsp3) is 0.556. The molecule has 1 saturated heterocycles. The monoisotopic (exact) mass is 411 g/mol. The Labute approximate surface area is 163 Å². The van der Waals surface area contributed by atoms with Crippen molar-refractivity contribution in [3.8, 4) is 0 Å². The molecule has 0 radical (unpaired) electrons. The molecular formula is C18H22ClN3O4S. The first kappa shape index (κ1) is 18.7. The van der Waals surface area contributed by atoms with Gasteiger partial charge in [-0.25, -0.2) is 17.7 Å². The van der Waals surface area contributed by atoms with E-state index in [1.807, 2.05) is 6.07 Å². The third-order valence-corrected chi connectivity index (χ3v) is 6.95. The fourth-order valence-electron chi connectivity index (χ4n) is 3.77. The van der Waals surface area contributed by atoms with Crippen molar-refractivity contribution in [2.24, 2.45) is 5.92 Å². The molecule has 0 atom stereocenters. The molecule has 1 aliphatic heterocycles. The Bertz CT molecular complexity index is 960. The summed E-state index contributed by atoms with van der Waals surface area (Å²) in [5, 5.41) is 3.71. The topological polar surface area (TPSA) is 92.5 Å². The Morgan fingerprint density at radius 3 is 2.63 bits per heavy atom. The summed E-state index contributed by atoms with van der Waals surface area (Å²) >= 11 is 6.00. The summed E-state index contributed by atoms with van der Waals surface area (Å²) in [7, 11) is -3.19. The number of oxazole rings is 1. The summed E-state index contributed by atoms with van der Waals surface area (Å²) in [6, 6.07) is 5.54. The summed E-state index contributed by atoms with van der Waals surface area (Å²) in [4.78, 5) is 16.9. The van der Waals surface area contributed by atoms with Crippen LogP contribution in [0.1, 0.15) is 37.5 Å². The number of rotatable bonds is 4. The smallest absolute Gasteiger partial charge is 0.225 e. The maximum Gasteiger partial charge on any atom is 0.225 e. The van der Waals surface area contributed by atoms with Crippen LogP contribution in [0.3, 0.4) is 0 Å². The van der Waals surface area contributed by atoms with Crippen molar-refractivity contribution in [3.05, 3.63) is 29.1 Å². The van der Waals surface area contributed by atoms with Gasteiger partial charge in [-0.2, -0.15) is 0 Å². The van der Waals surface area contributed by atoms with E-state index < -0.39 is 10.0 Å². The van der Waals surface area contributed by atoms with E-state index in [1.54, 1.807) is 12.1 Å². The minimum atomic E-state index is -3.19. The lowest BCUT2D eigenvalue weighted by Crippen LogP contribution is -2.56. The van der Waals surface area contributed by atoms with Crippen LogP contribution in [-0.4, -0.2) is 49.0 Å². The maximum absolute atomic E-state index is 12.3. The zero-order chi connectivity index (χ0) is 19.2. The van der Waals surface area contributed by atoms with E-state index in [4.69, 9.17) is 16.0 Å². The third kappa shape index (κ3) is 3.97. The van der Waals surface area contributed by atoms with Gasteiger partial charge in [-0.1, -0.05) is 11.6 Å². The molecule has 2 aliphatic rings. The second-order valence-corrected chi connectivity index (χ2v) is 9.92. The Morgan fingerprint density at radius 2 is 1.96 bits per heavy atom. The molecule has 2 aromatic rings. The molecule has 7 nitrogen and oxygen atoms in total. The van der Waals surface area contributed by atoms with Crippen molar-refractivity contribution in [3.63, 3.8) is 0 Å². The number of nitrogens with one attached hydrogen (secondary N) is 1. The van der Waals surface area contributed by atoms with Gasteiger partial charge in [-0.05, 0) is 43.9 Å². The highest BCUT2D eigenvalue weighted by Crippen LogP contribution is 2.34. The largest absolute Gasteiger partial charge is 0.440 e. The Hall–Kier alpha value is -1.64. The summed E-state index contributed by atoms with van der Waals surface area (Å²) in [6.45, 7) is 0.566. The highest BCUT2D eigenvalue weighted by atomic mass is 35.5. The first-order valence-electron chi connectivity index (χ1n) is 9.11. The molecule has 2 heterocycles. The average molecular weight is 412 g/mol. The zero-order valence-electron chi connectivity index (χ0n) is 15.0. The number of sulfonamides is 1. The van der Waals surface area contributed by atoms with Gasteiger partial charge in [0.15, 0.2) is 11.5 Å². The molecule has 1 N–H and O–H groups in total. The SMILES string of the molecule is CS(=O)(=O)N1CC(C(=O)NC2CCC(c3nc4cc(Cl)ccc4o3)CC2)C1. The van der Waals surface area contributed by atoms with Crippen molar-refractivity contribution < 1.29 is 17.6 Å². The lowest BCUT2D eigenvalue weighted by molar-refractivity contribution is -0.129. The molecule has 0 spiro atoms. The van der Waals surface area contributed by atoms with Gasteiger partial charge >= 0.3 is 0 Å². The molecule has 4 rings (SSSR count). The van der Waals surface area contributed by atoms with Crippen LogP contribution in [0.2, 0.25) is 5.02 Å². The first-order valence-corrected chi connectivity index (χ1v) is 11.3. The van der Waals surface area contributed by atoms with Crippen LogP contribution < -0.4 is 5.32 Å². The molecule has 1 aromatic carbocycles. The molecule has 1 amide bonds. The van der Waals surface area contributed by atoms with Gasteiger partial charge in [0, 0.05) is 30.1 Å². The quantitative estimate of drug-likeness (QED) is 0.834. The van der Waals surface area contributed by atoms with Crippen molar-refractivity contribution >= 4 is 38.6 Å². The van der Waals surface area contributed by atoms with Gasteiger partial charge in [-0.15, -0.1) is 0 Å². The van der Waals surface area contributed by atoms with Crippen LogP contribution in [-0.2, 0) is 14.8 Å². The van der Waals surface area contributed by atoms with E-state index in [2.05, 4.69) is 10.3 Å². The molecule has 2 fully saturated rings. The van der Waals surface area contributed by atoms with E-state index in [9.17, 15) is 13.2 Å². The normalized spacial score (nSPS) is 24.7. The van der Waals surface area contributed by atoms with Gasteiger partial charge in [-0.3, -0.25) is 4.79 Å². The Balaban J connectivity index is 1.29. The first-order chi connectivity index (χ1) is 12.8. The van der Waals surface area contributed by atoms with E-state index in [-0.39, 0.29) is 36.9 Å². The number of hydrogen-bond donors (Lipinski definition) is 1. The van der Waals surface area contributed by atoms with Gasteiger partial charge in [0.2, 0.25) is 15.9 Å². The highest BCUT2D eigenvalue weighted by molar-refractivity contribution is 7.88. The fourth-order valence-corrected chi connectivity index (χ4v) is 4.84. The number of halogens is 1. The second-order valence-electron chi connectivity index (χ2n) is 7.50. The van der Waals surface area contributed by atoms with E-state index >= 15 is 0 Å². The Kier molecular flexibility index (Phi) is 4.90. The predicted octanol–water partition coefficient (Wildman–Crippen LogP) is 2.52. The molecule has 0 unspecified atom stereocenters. The van der Waals surface area contributed by atoms with Crippen LogP contribution in [0.15, 0.2) is 22.6 Å². The van der Waals surface area contributed by atoms with Crippen LogP contribution >= 0.6 is 11.6 Å².